The Hall–Kier alpha value is -0.380. The summed E-state index contributed by atoms with van der Waals surface area (Å²) in [5, 5.41) is 0. The van der Waals surface area contributed by atoms with Crippen molar-refractivity contribution in [1.29, 1.82) is 0 Å². The number of nitrogens with two attached hydrogens (primary N) is 1. The molecule has 0 aromatic rings. The summed E-state index contributed by atoms with van der Waals surface area (Å²) in [5.41, 5.74) is 0. The van der Waals surface area contributed by atoms with Gasteiger partial charge >= 0.3 is 13.6 Å². The molecule has 0 aromatic carbocycles. The van der Waals surface area contributed by atoms with E-state index in [1.54, 1.807) is 0 Å². The molecule has 6 heteroatoms. The van der Waals surface area contributed by atoms with E-state index in [1.165, 1.54) is 0 Å². The second-order valence-electron chi connectivity index (χ2n) is 1.46. The normalized spacial score (nSPS) is 16.3. The van der Waals surface area contributed by atoms with Crippen molar-refractivity contribution in [3.8, 4) is 0 Å². The van der Waals surface area contributed by atoms with Crippen LogP contribution in [0.25, 0.3) is 0 Å². The fourth-order valence-electron chi connectivity index (χ4n) is 0.255. The molecule has 0 fully saturated rings. The molecule has 1 atom stereocenters. The van der Waals surface area contributed by atoms with Gasteiger partial charge in [0.05, 0.1) is 6.66 Å². The number of carbonyl (C=O) groups is 1. The van der Waals surface area contributed by atoms with Crippen LogP contribution >= 0.6 is 7.60 Å². The predicted molar refractivity (Wildman–Crippen MR) is 30.6 cm³/mol. The summed E-state index contributed by atoms with van der Waals surface area (Å²) in [4.78, 5) is 10.1. The van der Waals surface area contributed by atoms with Crippen LogP contribution in [0.4, 0.5) is 0 Å². The van der Waals surface area contributed by atoms with Gasteiger partial charge < -0.3 is 4.52 Å². The molecule has 0 aromatic heterocycles. The summed E-state index contributed by atoms with van der Waals surface area (Å²) in [6.45, 7) is 2.23. The van der Waals surface area contributed by atoms with Gasteiger partial charge in [-0.1, -0.05) is 0 Å². The summed E-state index contributed by atoms with van der Waals surface area (Å²) in [6, 6.07) is 0. The van der Waals surface area contributed by atoms with E-state index in [-0.39, 0.29) is 0 Å². The Bertz CT molecular complexity index is 156. The highest BCUT2D eigenvalue weighted by molar-refractivity contribution is 7.53. The SMILES string of the molecule is CC(=O)OP(C)(=O)ON. The molecule has 0 spiro atoms. The van der Waals surface area contributed by atoms with E-state index in [2.05, 4.69) is 15.0 Å². The molecule has 0 bridgehead atoms. The Balaban J connectivity index is 3.88. The van der Waals surface area contributed by atoms with Crippen molar-refractivity contribution in [1.82, 2.24) is 0 Å². The van der Waals surface area contributed by atoms with Crippen LogP contribution in [-0.2, 0) is 18.5 Å². The van der Waals surface area contributed by atoms with E-state index >= 15 is 0 Å². The zero-order valence-electron chi connectivity index (χ0n) is 5.16. The molecule has 0 aliphatic heterocycles. The monoisotopic (exact) mass is 153 g/mol. The first kappa shape index (κ1) is 8.62. The van der Waals surface area contributed by atoms with Gasteiger partial charge in [-0.25, -0.2) is 15.1 Å². The van der Waals surface area contributed by atoms with Gasteiger partial charge in [-0.05, 0) is 0 Å². The van der Waals surface area contributed by atoms with Gasteiger partial charge in [0, 0.05) is 6.92 Å². The van der Waals surface area contributed by atoms with Crippen LogP contribution in [0.5, 0.6) is 0 Å². The van der Waals surface area contributed by atoms with Crippen molar-refractivity contribution in [3.63, 3.8) is 0 Å². The van der Waals surface area contributed by atoms with Gasteiger partial charge in [-0.15, -0.1) is 0 Å². The minimum absolute atomic E-state index is 0.675. The maximum Gasteiger partial charge on any atom is 0.394 e. The highest BCUT2D eigenvalue weighted by Crippen LogP contribution is 2.41. The number of hydrogen-bond acceptors (Lipinski definition) is 5. The minimum Gasteiger partial charge on any atom is -0.391 e. The van der Waals surface area contributed by atoms with Crippen LogP contribution < -0.4 is 5.90 Å². The Morgan fingerprint density at radius 1 is 1.67 bits per heavy atom. The number of rotatable bonds is 2. The molecule has 5 nitrogen and oxygen atoms in total. The van der Waals surface area contributed by atoms with Crippen LogP contribution in [0.15, 0.2) is 0 Å². The van der Waals surface area contributed by atoms with Gasteiger partial charge in [0.1, 0.15) is 0 Å². The molecule has 54 valence electrons. The van der Waals surface area contributed by atoms with Gasteiger partial charge in [0.2, 0.25) is 0 Å². The molecule has 0 radical (unpaired) electrons. The molecular formula is C3H8NO4P. The third-order valence-electron chi connectivity index (χ3n) is 0.486. The highest BCUT2D eigenvalue weighted by atomic mass is 31.2. The van der Waals surface area contributed by atoms with Gasteiger partial charge in [-0.3, -0.25) is 4.79 Å². The maximum atomic E-state index is 10.6. The fourth-order valence-corrected chi connectivity index (χ4v) is 0.765. The van der Waals surface area contributed by atoms with E-state index in [9.17, 15) is 9.36 Å². The first-order valence-corrected chi connectivity index (χ1v) is 4.13. The van der Waals surface area contributed by atoms with Crippen LogP contribution in [0.1, 0.15) is 6.92 Å². The van der Waals surface area contributed by atoms with E-state index < -0.39 is 13.6 Å². The lowest BCUT2D eigenvalue weighted by molar-refractivity contribution is -0.132. The Morgan fingerprint density at radius 3 is 2.22 bits per heavy atom. The molecule has 0 saturated carbocycles. The number of carbonyl (C=O) groups excluding carboxylic acids is 1. The molecule has 0 amide bonds. The van der Waals surface area contributed by atoms with Crippen LogP contribution in [-0.4, -0.2) is 12.6 Å². The van der Waals surface area contributed by atoms with E-state index in [0.717, 1.165) is 13.6 Å². The van der Waals surface area contributed by atoms with Crippen molar-refractivity contribution >= 4 is 13.6 Å². The summed E-state index contributed by atoms with van der Waals surface area (Å²) < 4.78 is 18.6. The maximum absolute atomic E-state index is 10.6. The van der Waals surface area contributed by atoms with Crippen molar-refractivity contribution in [2.24, 2.45) is 5.90 Å². The van der Waals surface area contributed by atoms with Gasteiger partial charge in [0.15, 0.2) is 0 Å². The topological polar surface area (TPSA) is 78.6 Å². The third kappa shape index (κ3) is 4.14. The first-order valence-electron chi connectivity index (χ1n) is 2.14. The number of hydrogen-bond donors (Lipinski definition) is 1. The fraction of sp³-hybridized carbons (Fsp3) is 0.667. The van der Waals surface area contributed by atoms with Gasteiger partial charge in [0.25, 0.3) is 0 Å². The molecule has 9 heavy (non-hydrogen) atoms. The third-order valence-corrected chi connectivity index (χ3v) is 1.46. The molecule has 0 saturated heterocycles. The summed E-state index contributed by atoms with van der Waals surface area (Å²) in [7, 11) is -3.30. The smallest absolute Gasteiger partial charge is 0.391 e. The van der Waals surface area contributed by atoms with Gasteiger partial charge in [-0.2, -0.15) is 0 Å². The van der Waals surface area contributed by atoms with Crippen LogP contribution in [0.2, 0.25) is 0 Å². The van der Waals surface area contributed by atoms with Crippen molar-refractivity contribution < 1.29 is 18.5 Å². The Kier molecular flexibility index (Phi) is 2.84. The molecule has 0 rings (SSSR count). The predicted octanol–water partition coefficient (Wildman–Crippen LogP) is 0.263. The second-order valence-corrected chi connectivity index (χ2v) is 3.40. The average Bonchev–Trinajstić information content (AvgIpc) is 1.63. The van der Waals surface area contributed by atoms with Crippen LogP contribution in [0.3, 0.4) is 0 Å². The quantitative estimate of drug-likeness (QED) is 0.454. The van der Waals surface area contributed by atoms with E-state index in [0.29, 0.717) is 0 Å². The minimum atomic E-state index is -3.30. The van der Waals surface area contributed by atoms with Crippen LogP contribution in [0, 0.1) is 0 Å². The standard InChI is InChI=1S/C3H8NO4P/c1-3(5)7-9(2,6)8-4/h4H2,1-2H3. The van der Waals surface area contributed by atoms with Crippen molar-refractivity contribution in [2.45, 2.75) is 6.92 Å². The largest absolute Gasteiger partial charge is 0.394 e. The van der Waals surface area contributed by atoms with E-state index in [4.69, 9.17) is 0 Å². The first-order chi connectivity index (χ1) is 3.98. The molecule has 1 unspecified atom stereocenters. The molecule has 0 heterocycles. The highest BCUT2D eigenvalue weighted by Gasteiger charge is 2.17. The zero-order valence-corrected chi connectivity index (χ0v) is 6.05. The molecule has 0 aliphatic rings. The lowest BCUT2D eigenvalue weighted by atomic mass is 10.9. The molecular weight excluding hydrogens is 145 g/mol. The molecule has 0 aliphatic carbocycles. The van der Waals surface area contributed by atoms with Crippen molar-refractivity contribution in [2.75, 3.05) is 6.66 Å². The average molecular weight is 153 g/mol. The summed E-state index contributed by atoms with van der Waals surface area (Å²) >= 11 is 0. The van der Waals surface area contributed by atoms with E-state index in [1.807, 2.05) is 0 Å². The van der Waals surface area contributed by atoms with Crippen molar-refractivity contribution in [3.05, 3.63) is 0 Å². The molecule has 2 N–H and O–H groups in total. The summed E-state index contributed by atoms with van der Waals surface area (Å²) in [6.07, 6.45) is 0. The lowest BCUT2D eigenvalue weighted by Gasteiger charge is -2.06. The summed E-state index contributed by atoms with van der Waals surface area (Å²) in [5.74, 6) is 3.84. The Morgan fingerprint density at radius 2 is 2.11 bits per heavy atom. The second kappa shape index (κ2) is 2.96. The lowest BCUT2D eigenvalue weighted by Crippen LogP contribution is -2.02. The zero-order chi connectivity index (χ0) is 7.49. The Labute approximate surface area is 52.6 Å².